The first-order chi connectivity index (χ1) is 10.8. The molecule has 0 fully saturated rings. The maximum absolute atomic E-state index is 5.35. The van der Waals surface area contributed by atoms with Crippen molar-refractivity contribution in [3.05, 3.63) is 60.5 Å². The van der Waals surface area contributed by atoms with E-state index in [0.29, 0.717) is 18.3 Å². The first-order valence-electron chi connectivity index (χ1n) is 7.00. The van der Waals surface area contributed by atoms with Gasteiger partial charge in [-0.3, -0.25) is 0 Å². The van der Waals surface area contributed by atoms with E-state index < -0.39 is 0 Å². The number of anilines is 1. The molecule has 0 unspecified atom stereocenters. The Morgan fingerprint density at radius 3 is 2.55 bits per heavy atom. The molecule has 0 saturated heterocycles. The van der Waals surface area contributed by atoms with Crippen LogP contribution in [0.25, 0.3) is 11.4 Å². The second-order valence-corrected chi connectivity index (χ2v) is 4.90. The lowest BCUT2D eigenvalue weighted by atomic mass is 10.2. The minimum absolute atomic E-state index is 0.536. The lowest BCUT2D eigenvalue weighted by Gasteiger charge is -2.16. The lowest BCUT2D eigenvalue weighted by molar-refractivity contribution is 0.378. The van der Waals surface area contributed by atoms with Crippen LogP contribution in [0.4, 0.5) is 5.69 Å². The average molecular weight is 295 g/mol. The Labute approximate surface area is 129 Å². The van der Waals surface area contributed by atoms with Crippen LogP contribution in [0.2, 0.25) is 0 Å². The normalized spacial score (nSPS) is 10.5. The van der Waals surface area contributed by atoms with Gasteiger partial charge in [-0.25, -0.2) is 0 Å². The van der Waals surface area contributed by atoms with E-state index in [1.54, 1.807) is 7.11 Å². The maximum Gasteiger partial charge on any atom is 0.246 e. The van der Waals surface area contributed by atoms with Gasteiger partial charge in [-0.2, -0.15) is 4.98 Å². The topological polar surface area (TPSA) is 51.4 Å². The summed E-state index contributed by atoms with van der Waals surface area (Å²) in [6.07, 6.45) is 0. The molecule has 0 N–H and O–H groups in total. The molecule has 112 valence electrons. The second kappa shape index (κ2) is 6.30. The van der Waals surface area contributed by atoms with Gasteiger partial charge in [0.1, 0.15) is 5.75 Å². The van der Waals surface area contributed by atoms with Crippen LogP contribution >= 0.6 is 0 Å². The molecular formula is C17H17N3O2. The highest BCUT2D eigenvalue weighted by atomic mass is 16.5. The molecule has 3 aromatic rings. The summed E-state index contributed by atoms with van der Waals surface area (Å²) in [5, 5.41) is 4.05. The molecule has 0 spiro atoms. The summed E-state index contributed by atoms with van der Waals surface area (Å²) in [4.78, 5) is 6.51. The molecule has 0 aliphatic rings. The Morgan fingerprint density at radius 2 is 1.77 bits per heavy atom. The van der Waals surface area contributed by atoms with Gasteiger partial charge < -0.3 is 14.2 Å². The number of benzene rings is 2. The molecule has 0 amide bonds. The quantitative estimate of drug-likeness (QED) is 0.722. The third-order valence-electron chi connectivity index (χ3n) is 3.39. The number of aromatic nitrogens is 2. The van der Waals surface area contributed by atoms with Gasteiger partial charge in [0.15, 0.2) is 0 Å². The summed E-state index contributed by atoms with van der Waals surface area (Å²) < 4.78 is 10.7. The third kappa shape index (κ3) is 2.93. The van der Waals surface area contributed by atoms with Gasteiger partial charge >= 0.3 is 0 Å². The molecule has 0 atom stereocenters. The Bertz CT molecular complexity index is 740. The van der Waals surface area contributed by atoms with Crippen LogP contribution in [0.5, 0.6) is 5.75 Å². The standard InChI is InChI=1S/C17H17N3O2/c1-20(13-8-4-3-5-9-13)12-16-18-17(19-22-16)14-10-6-7-11-15(14)21-2/h3-11H,12H2,1-2H3. The monoisotopic (exact) mass is 295 g/mol. The predicted octanol–water partition coefficient (Wildman–Crippen LogP) is 3.38. The van der Waals surface area contributed by atoms with Crippen LogP contribution in [0, 0.1) is 0 Å². The molecule has 5 nitrogen and oxygen atoms in total. The van der Waals surface area contributed by atoms with Crippen molar-refractivity contribution in [1.82, 2.24) is 10.1 Å². The van der Waals surface area contributed by atoms with Crippen molar-refractivity contribution in [2.24, 2.45) is 0 Å². The zero-order valence-electron chi connectivity index (χ0n) is 12.6. The van der Waals surface area contributed by atoms with Crippen molar-refractivity contribution >= 4 is 5.69 Å². The highest BCUT2D eigenvalue weighted by molar-refractivity contribution is 5.63. The van der Waals surface area contributed by atoms with E-state index in [0.717, 1.165) is 17.0 Å². The van der Waals surface area contributed by atoms with Crippen LogP contribution in [0.1, 0.15) is 5.89 Å². The lowest BCUT2D eigenvalue weighted by Crippen LogP contribution is -2.16. The number of rotatable bonds is 5. The minimum Gasteiger partial charge on any atom is -0.496 e. The van der Waals surface area contributed by atoms with Crippen molar-refractivity contribution in [2.45, 2.75) is 6.54 Å². The summed E-state index contributed by atoms with van der Waals surface area (Å²) in [5.41, 5.74) is 1.92. The average Bonchev–Trinajstić information content (AvgIpc) is 3.04. The molecular weight excluding hydrogens is 278 g/mol. The van der Waals surface area contributed by atoms with Crippen molar-refractivity contribution in [3.8, 4) is 17.1 Å². The Balaban J connectivity index is 1.79. The molecule has 2 aromatic carbocycles. The van der Waals surface area contributed by atoms with Crippen molar-refractivity contribution < 1.29 is 9.26 Å². The van der Waals surface area contributed by atoms with Gasteiger partial charge in [0.05, 0.1) is 19.2 Å². The van der Waals surface area contributed by atoms with E-state index in [2.05, 4.69) is 15.0 Å². The van der Waals surface area contributed by atoms with Crippen LogP contribution in [-0.4, -0.2) is 24.3 Å². The molecule has 3 rings (SSSR count). The van der Waals surface area contributed by atoms with E-state index in [4.69, 9.17) is 9.26 Å². The van der Waals surface area contributed by atoms with E-state index in [9.17, 15) is 0 Å². The molecule has 1 aromatic heterocycles. The number of hydrogen-bond donors (Lipinski definition) is 0. The fourth-order valence-corrected chi connectivity index (χ4v) is 2.23. The fraction of sp³-hybridized carbons (Fsp3) is 0.176. The number of methoxy groups -OCH3 is 1. The van der Waals surface area contributed by atoms with Crippen molar-refractivity contribution in [1.29, 1.82) is 0 Å². The zero-order chi connectivity index (χ0) is 15.4. The summed E-state index contributed by atoms with van der Waals surface area (Å²) in [5.74, 6) is 1.83. The van der Waals surface area contributed by atoms with Gasteiger partial charge in [0.2, 0.25) is 11.7 Å². The predicted molar refractivity (Wildman–Crippen MR) is 84.8 cm³/mol. The van der Waals surface area contributed by atoms with Gasteiger partial charge in [0.25, 0.3) is 0 Å². The molecule has 0 radical (unpaired) electrons. The Hall–Kier alpha value is -2.82. The fourth-order valence-electron chi connectivity index (χ4n) is 2.23. The summed E-state index contributed by atoms with van der Waals surface area (Å²) >= 11 is 0. The number of hydrogen-bond acceptors (Lipinski definition) is 5. The van der Waals surface area contributed by atoms with Gasteiger partial charge in [-0.1, -0.05) is 35.5 Å². The van der Waals surface area contributed by atoms with Crippen molar-refractivity contribution in [3.63, 3.8) is 0 Å². The third-order valence-corrected chi connectivity index (χ3v) is 3.39. The van der Waals surface area contributed by atoms with E-state index in [1.165, 1.54) is 0 Å². The zero-order valence-corrected chi connectivity index (χ0v) is 12.6. The number of para-hydroxylation sites is 2. The first-order valence-corrected chi connectivity index (χ1v) is 7.00. The highest BCUT2D eigenvalue weighted by Gasteiger charge is 2.14. The smallest absolute Gasteiger partial charge is 0.246 e. The van der Waals surface area contributed by atoms with E-state index >= 15 is 0 Å². The van der Waals surface area contributed by atoms with Crippen LogP contribution < -0.4 is 9.64 Å². The number of nitrogens with zero attached hydrogens (tertiary/aromatic N) is 3. The minimum atomic E-state index is 0.536. The van der Waals surface area contributed by atoms with Crippen LogP contribution in [-0.2, 0) is 6.54 Å². The largest absolute Gasteiger partial charge is 0.496 e. The maximum atomic E-state index is 5.35. The van der Waals surface area contributed by atoms with Crippen LogP contribution in [0.15, 0.2) is 59.1 Å². The van der Waals surface area contributed by atoms with Gasteiger partial charge in [-0.15, -0.1) is 0 Å². The van der Waals surface area contributed by atoms with E-state index in [-0.39, 0.29) is 0 Å². The second-order valence-electron chi connectivity index (χ2n) is 4.90. The Kier molecular flexibility index (Phi) is 4.05. The molecule has 0 aliphatic carbocycles. The summed E-state index contributed by atoms with van der Waals surface area (Å²) in [7, 11) is 3.62. The molecule has 1 heterocycles. The van der Waals surface area contributed by atoms with Gasteiger partial charge in [-0.05, 0) is 24.3 Å². The number of ether oxygens (including phenoxy) is 1. The summed E-state index contributed by atoms with van der Waals surface area (Å²) in [6, 6.07) is 17.7. The Morgan fingerprint density at radius 1 is 1.05 bits per heavy atom. The molecule has 0 aliphatic heterocycles. The first kappa shape index (κ1) is 14.1. The van der Waals surface area contributed by atoms with Crippen LogP contribution in [0.3, 0.4) is 0 Å². The SMILES string of the molecule is COc1ccccc1-c1noc(CN(C)c2ccccc2)n1. The van der Waals surface area contributed by atoms with Gasteiger partial charge in [0, 0.05) is 12.7 Å². The summed E-state index contributed by atoms with van der Waals surface area (Å²) in [6.45, 7) is 0.548. The molecule has 0 saturated carbocycles. The van der Waals surface area contributed by atoms with Crippen molar-refractivity contribution in [2.75, 3.05) is 19.1 Å². The van der Waals surface area contributed by atoms with E-state index in [1.807, 2.05) is 61.6 Å². The molecule has 22 heavy (non-hydrogen) atoms. The highest BCUT2D eigenvalue weighted by Crippen LogP contribution is 2.27. The molecule has 5 heteroatoms. The molecule has 0 bridgehead atoms.